The van der Waals surface area contributed by atoms with Crippen LogP contribution in [-0.2, 0) is 21.4 Å². The monoisotopic (exact) mass is 364 g/mol. The van der Waals surface area contributed by atoms with Crippen LogP contribution in [-0.4, -0.2) is 28.1 Å². The minimum atomic E-state index is -0.831. The topological polar surface area (TPSA) is 86.9 Å². The molecule has 0 fully saturated rings. The van der Waals surface area contributed by atoms with Crippen molar-refractivity contribution < 1.29 is 18.4 Å². The number of rotatable bonds is 5. The molecule has 0 aliphatic rings. The van der Waals surface area contributed by atoms with Gasteiger partial charge in [0.1, 0.15) is 23.5 Å². The maximum Gasteiger partial charge on any atom is 0.247 e. The van der Waals surface area contributed by atoms with E-state index < -0.39 is 29.5 Å². The Morgan fingerprint density at radius 1 is 1.15 bits per heavy atom. The van der Waals surface area contributed by atoms with E-state index in [9.17, 15) is 18.4 Å². The van der Waals surface area contributed by atoms with E-state index in [0.29, 0.717) is 5.82 Å². The quantitative estimate of drug-likeness (QED) is 0.762. The van der Waals surface area contributed by atoms with Gasteiger partial charge in [-0.25, -0.2) is 8.78 Å². The molecule has 2 amide bonds. The summed E-state index contributed by atoms with van der Waals surface area (Å²) >= 11 is 0. The lowest BCUT2D eigenvalue weighted by atomic mass is 9.92. The van der Waals surface area contributed by atoms with Crippen molar-refractivity contribution in [3.8, 4) is 0 Å². The molecule has 0 spiro atoms. The van der Waals surface area contributed by atoms with Crippen molar-refractivity contribution in [2.75, 3.05) is 5.32 Å². The van der Waals surface area contributed by atoms with Crippen LogP contribution in [0.1, 0.15) is 39.0 Å². The molecule has 1 heterocycles. The highest BCUT2D eigenvalue weighted by molar-refractivity contribution is 5.96. The molecule has 1 aromatic heterocycles. The molecule has 0 aliphatic heterocycles. The van der Waals surface area contributed by atoms with Crippen LogP contribution in [0.2, 0.25) is 0 Å². The average molecular weight is 364 g/mol. The van der Waals surface area contributed by atoms with Gasteiger partial charge in [0.15, 0.2) is 0 Å². The Labute approximate surface area is 150 Å². The van der Waals surface area contributed by atoms with Crippen LogP contribution in [0.4, 0.5) is 14.6 Å². The van der Waals surface area contributed by atoms with Crippen LogP contribution in [0.3, 0.4) is 0 Å². The molecule has 1 aromatic carbocycles. The van der Waals surface area contributed by atoms with Crippen molar-refractivity contribution in [3.05, 3.63) is 47.2 Å². The van der Waals surface area contributed by atoms with Gasteiger partial charge < -0.3 is 10.6 Å². The Bertz CT molecular complexity index is 792. The van der Waals surface area contributed by atoms with E-state index in [2.05, 4.69) is 20.8 Å². The lowest BCUT2D eigenvalue weighted by molar-refractivity contribution is -0.125. The Morgan fingerprint density at radius 2 is 1.77 bits per heavy atom. The fourth-order valence-electron chi connectivity index (χ4n) is 2.27. The van der Waals surface area contributed by atoms with Crippen LogP contribution >= 0.6 is 0 Å². The first-order valence-electron chi connectivity index (χ1n) is 8.15. The van der Waals surface area contributed by atoms with E-state index in [0.717, 1.165) is 23.9 Å². The number of H-pyrrole nitrogens is 1. The van der Waals surface area contributed by atoms with Crippen LogP contribution < -0.4 is 10.6 Å². The zero-order valence-electron chi connectivity index (χ0n) is 15.1. The molecule has 26 heavy (non-hydrogen) atoms. The summed E-state index contributed by atoms with van der Waals surface area (Å²) in [6, 6.07) is 3.77. The highest BCUT2D eigenvalue weighted by atomic mass is 19.1. The summed E-state index contributed by atoms with van der Waals surface area (Å²) in [6.45, 7) is 7.49. The maximum atomic E-state index is 13.2. The Hall–Kier alpha value is -2.77. The largest absolute Gasteiger partial charge is 0.344 e. The lowest BCUT2D eigenvalue weighted by Crippen LogP contribution is -2.42. The Kier molecular flexibility index (Phi) is 5.74. The number of carbonyl (C=O) groups excluding carboxylic acids is 2. The second kappa shape index (κ2) is 7.63. The van der Waals surface area contributed by atoms with E-state index in [4.69, 9.17) is 0 Å². The molecule has 3 N–H and O–H groups in total. The lowest BCUT2D eigenvalue weighted by Gasteiger charge is -2.14. The summed E-state index contributed by atoms with van der Waals surface area (Å²) in [5, 5.41) is 12.0. The smallest absolute Gasteiger partial charge is 0.247 e. The third-order valence-electron chi connectivity index (χ3n) is 3.66. The first kappa shape index (κ1) is 19.6. The van der Waals surface area contributed by atoms with Crippen LogP contribution in [0.25, 0.3) is 0 Å². The molecule has 0 bridgehead atoms. The maximum absolute atomic E-state index is 13.2. The van der Waals surface area contributed by atoms with E-state index >= 15 is 0 Å². The number of hydrogen-bond donors (Lipinski definition) is 3. The van der Waals surface area contributed by atoms with E-state index in [1.807, 2.05) is 20.8 Å². The number of benzene rings is 1. The van der Waals surface area contributed by atoms with Crippen molar-refractivity contribution in [1.29, 1.82) is 0 Å². The number of nitrogens with one attached hydrogen (secondary N) is 3. The summed E-state index contributed by atoms with van der Waals surface area (Å²) in [6.07, 6.45) is -0.232. The molecule has 0 saturated carbocycles. The number of nitrogens with zero attached hydrogens (tertiary/aromatic N) is 1. The second-order valence-corrected chi connectivity index (χ2v) is 7.15. The number of carbonyl (C=O) groups is 2. The Balaban J connectivity index is 1.91. The van der Waals surface area contributed by atoms with Gasteiger partial charge in [-0.2, -0.15) is 5.10 Å². The molecule has 1 unspecified atom stereocenters. The zero-order chi connectivity index (χ0) is 19.5. The average Bonchev–Trinajstić information content (AvgIpc) is 2.94. The van der Waals surface area contributed by atoms with E-state index in [1.54, 1.807) is 6.07 Å². The number of hydrogen-bond acceptors (Lipinski definition) is 3. The SMILES string of the molecule is CC(NC(=O)Cc1cc(F)cc(F)c1)C(=O)Nc1cc(C(C)(C)C)n[nH]1. The van der Waals surface area contributed by atoms with Gasteiger partial charge in [-0.05, 0) is 24.6 Å². The predicted octanol–water partition coefficient (Wildman–Crippen LogP) is 2.67. The summed E-state index contributed by atoms with van der Waals surface area (Å²) in [5.74, 6) is -2.04. The molecular formula is C18H22F2N4O2. The first-order valence-corrected chi connectivity index (χ1v) is 8.15. The number of aromatic amines is 1. The summed E-state index contributed by atoms with van der Waals surface area (Å²) in [5.41, 5.74) is 0.813. The third kappa shape index (κ3) is 5.37. The van der Waals surface area contributed by atoms with Crippen molar-refractivity contribution >= 4 is 17.6 Å². The minimum Gasteiger partial charge on any atom is -0.344 e. The standard InChI is InChI=1S/C18H22F2N4O2/c1-10(17(26)22-15-9-14(23-24-15)18(2,3)4)21-16(25)7-11-5-12(19)8-13(20)6-11/h5-6,8-10H,7H2,1-4H3,(H,21,25)(H2,22,23,24,26). The molecule has 0 saturated heterocycles. The van der Waals surface area contributed by atoms with Gasteiger partial charge in [0.05, 0.1) is 12.1 Å². The molecule has 0 aliphatic carbocycles. The number of anilines is 1. The van der Waals surface area contributed by atoms with Gasteiger partial charge >= 0.3 is 0 Å². The van der Waals surface area contributed by atoms with Gasteiger partial charge in [0.25, 0.3) is 0 Å². The Morgan fingerprint density at radius 3 is 2.31 bits per heavy atom. The molecule has 2 rings (SSSR count). The highest BCUT2D eigenvalue weighted by Crippen LogP contribution is 2.21. The molecule has 2 aromatic rings. The van der Waals surface area contributed by atoms with E-state index in [1.165, 1.54) is 6.92 Å². The number of amides is 2. The van der Waals surface area contributed by atoms with Crippen LogP contribution in [0, 0.1) is 11.6 Å². The van der Waals surface area contributed by atoms with Gasteiger partial charge in [-0.3, -0.25) is 14.7 Å². The van der Waals surface area contributed by atoms with Gasteiger partial charge in [0, 0.05) is 17.5 Å². The van der Waals surface area contributed by atoms with Gasteiger partial charge in [-0.15, -0.1) is 0 Å². The summed E-state index contributed by atoms with van der Waals surface area (Å²) < 4.78 is 26.3. The molecule has 6 nitrogen and oxygen atoms in total. The van der Waals surface area contributed by atoms with Gasteiger partial charge in [-0.1, -0.05) is 20.8 Å². The van der Waals surface area contributed by atoms with Crippen LogP contribution in [0.15, 0.2) is 24.3 Å². The normalized spacial score (nSPS) is 12.5. The zero-order valence-corrected chi connectivity index (χ0v) is 15.1. The fourth-order valence-corrected chi connectivity index (χ4v) is 2.27. The number of halogens is 2. The van der Waals surface area contributed by atoms with Crippen molar-refractivity contribution in [3.63, 3.8) is 0 Å². The predicted molar refractivity (Wildman–Crippen MR) is 93.6 cm³/mol. The van der Waals surface area contributed by atoms with Crippen molar-refractivity contribution in [2.24, 2.45) is 0 Å². The molecule has 140 valence electrons. The third-order valence-corrected chi connectivity index (χ3v) is 3.66. The second-order valence-electron chi connectivity index (χ2n) is 7.15. The van der Waals surface area contributed by atoms with Crippen molar-refractivity contribution in [2.45, 2.75) is 45.6 Å². The summed E-state index contributed by atoms with van der Waals surface area (Å²) in [7, 11) is 0. The van der Waals surface area contributed by atoms with E-state index in [-0.39, 0.29) is 17.4 Å². The molecule has 1 atom stereocenters. The highest BCUT2D eigenvalue weighted by Gasteiger charge is 2.20. The molecular weight excluding hydrogens is 342 g/mol. The van der Waals surface area contributed by atoms with Crippen molar-refractivity contribution in [1.82, 2.24) is 15.5 Å². The molecule has 0 radical (unpaired) electrons. The number of aromatic nitrogens is 2. The first-order chi connectivity index (χ1) is 12.0. The molecule has 8 heteroatoms. The fraction of sp³-hybridized carbons (Fsp3) is 0.389. The van der Waals surface area contributed by atoms with Gasteiger partial charge in [0.2, 0.25) is 11.8 Å². The summed E-state index contributed by atoms with van der Waals surface area (Å²) in [4.78, 5) is 24.2. The minimum absolute atomic E-state index is 0.167. The van der Waals surface area contributed by atoms with Crippen LogP contribution in [0.5, 0.6) is 0 Å².